The molecule has 3 amide bonds. The lowest BCUT2D eigenvalue weighted by molar-refractivity contribution is -0.145. The standard InChI is InChI=1S/C20H35N3O5/c1-13(2)11-17(25)21-19(14(3)4)20(28)22-9-6-7-16(8-10-22)23(15(5)24)12-18(26)27/h13-14,16,19H,6-12H2,1-5H3,(H,21,25)(H,26,27). The summed E-state index contributed by atoms with van der Waals surface area (Å²) < 4.78 is 0. The van der Waals surface area contributed by atoms with Gasteiger partial charge in [0, 0.05) is 32.5 Å². The number of nitrogens with zero attached hydrogens (tertiary/aromatic N) is 2. The largest absolute Gasteiger partial charge is 0.480 e. The van der Waals surface area contributed by atoms with Crippen molar-refractivity contribution in [2.24, 2.45) is 11.8 Å². The van der Waals surface area contributed by atoms with Crippen LogP contribution in [0, 0.1) is 11.8 Å². The van der Waals surface area contributed by atoms with Crippen LogP contribution >= 0.6 is 0 Å². The van der Waals surface area contributed by atoms with Crippen LogP contribution in [-0.2, 0) is 19.2 Å². The average Bonchev–Trinajstić information content (AvgIpc) is 2.81. The number of rotatable bonds is 8. The quantitative estimate of drug-likeness (QED) is 0.645. The molecular formula is C20H35N3O5. The molecule has 1 rings (SSSR count). The SMILES string of the molecule is CC(=O)N(CC(=O)O)C1CCCN(C(=O)C(NC(=O)CC(C)C)C(C)C)CC1. The fourth-order valence-electron chi connectivity index (χ4n) is 3.57. The van der Waals surface area contributed by atoms with Crippen LogP contribution in [0.15, 0.2) is 0 Å². The maximum atomic E-state index is 13.0. The van der Waals surface area contributed by atoms with E-state index in [1.165, 1.54) is 11.8 Å². The molecule has 8 nitrogen and oxygen atoms in total. The van der Waals surface area contributed by atoms with Crippen LogP contribution in [0.1, 0.15) is 60.3 Å². The fraction of sp³-hybridized carbons (Fsp3) is 0.800. The molecule has 2 N–H and O–H groups in total. The molecular weight excluding hydrogens is 362 g/mol. The second-order valence-corrected chi connectivity index (χ2v) is 8.34. The van der Waals surface area contributed by atoms with Crippen molar-refractivity contribution in [1.29, 1.82) is 0 Å². The van der Waals surface area contributed by atoms with Gasteiger partial charge in [0.25, 0.3) is 0 Å². The molecule has 0 radical (unpaired) electrons. The zero-order valence-corrected chi connectivity index (χ0v) is 17.7. The van der Waals surface area contributed by atoms with Crippen molar-refractivity contribution in [3.8, 4) is 0 Å². The summed E-state index contributed by atoms with van der Waals surface area (Å²) in [5.41, 5.74) is 0. The van der Waals surface area contributed by atoms with Crippen LogP contribution in [0.4, 0.5) is 0 Å². The lowest BCUT2D eigenvalue weighted by Crippen LogP contribution is -2.51. The van der Waals surface area contributed by atoms with Crippen LogP contribution in [0.3, 0.4) is 0 Å². The van der Waals surface area contributed by atoms with Gasteiger partial charge in [-0.1, -0.05) is 27.7 Å². The number of hydrogen-bond acceptors (Lipinski definition) is 4. The zero-order chi connectivity index (χ0) is 21.4. The monoisotopic (exact) mass is 397 g/mol. The Balaban J connectivity index is 2.79. The van der Waals surface area contributed by atoms with Gasteiger partial charge in [0.2, 0.25) is 17.7 Å². The minimum Gasteiger partial charge on any atom is -0.480 e. The van der Waals surface area contributed by atoms with Crippen molar-refractivity contribution in [1.82, 2.24) is 15.1 Å². The first-order valence-corrected chi connectivity index (χ1v) is 10.1. The van der Waals surface area contributed by atoms with E-state index in [9.17, 15) is 19.2 Å². The Labute approximate surface area is 167 Å². The summed E-state index contributed by atoms with van der Waals surface area (Å²) in [4.78, 5) is 51.2. The van der Waals surface area contributed by atoms with E-state index in [2.05, 4.69) is 5.32 Å². The van der Waals surface area contributed by atoms with Gasteiger partial charge in [0.1, 0.15) is 12.6 Å². The topological polar surface area (TPSA) is 107 Å². The third kappa shape index (κ3) is 7.48. The first-order chi connectivity index (χ1) is 13.0. The Morgan fingerprint density at radius 2 is 1.75 bits per heavy atom. The number of nitrogens with one attached hydrogen (secondary N) is 1. The molecule has 1 aliphatic rings. The molecule has 0 bridgehead atoms. The molecule has 1 heterocycles. The highest BCUT2D eigenvalue weighted by Gasteiger charge is 2.32. The molecule has 2 atom stereocenters. The maximum absolute atomic E-state index is 13.0. The van der Waals surface area contributed by atoms with Gasteiger partial charge in [-0.15, -0.1) is 0 Å². The molecule has 1 fully saturated rings. The number of hydrogen-bond donors (Lipinski definition) is 2. The van der Waals surface area contributed by atoms with Crippen LogP contribution < -0.4 is 5.32 Å². The van der Waals surface area contributed by atoms with E-state index in [4.69, 9.17) is 5.11 Å². The zero-order valence-electron chi connectivity index (χ0n) is 17.7. The van der Waals surface area contributed by atoms with E-state index in [1.54, 1.807) is 4.90 Å². The van der Waals surface area contributed by atoms with Gasteiger partial charge in [-0.2, -0.15) is 0 Å². The minimum atomic E-state index is -1.04. The van der Waals surface area contributed by atoms with E-state index < -0.39 is 12.0 Å². The Bertz CT molecular complexity index is 576. The van der Waals surface area contributed by atoms with Gasteiger partial charge in [0.15, 0.2) is 0 Å². The van der Waals surface area contributed by atoms with E-state index in [0.29, 0.717) is 38.8 Å². The van der Waals surface area contributed by atoms with Gasteiger partial charge >= 0.3 is 5.97 Å². The van der Waals surface area contributed by atoms with E-state index in [1.807, 2.05) is 27.7 Å². The molecule has 0 aromatic heterocycles. The number of carbonyl (C=O) groups excluding carboxylic acids is 3. The van der Waals surface area contributed by atoms with Gasteiger partial charge in [-0.05, 0) is 31.1 Å². The lowest BCUT2D eigenvalue weighted by atomic mass is 10.0. The van der Waals surface area contributed by atoms with Crippen molar-refractivity contribution in [3.63, 3.8) is 0 Å². The predicted molar refractivity (Wildman–Crippen MR) is 105 cm³/mol. The van der Waals surface area contributed by atoms with E-state index >= 15 is 0 Å². The number of likely N-dealkylation sites (tertiary alicyclic amines) is 1. The molecule has 0 aromatic rings. The number of carboxylic acid groups (broad SMARTS) is 1. The van der Waals surface area contributed by atoms with Crippen molar-refractivity contribution in [2.45, 2.75) is 72.4 Å². The Morgan fingerprint density at radius 3 is 2.25 bits per heavy atom. The second kappa shape index (κ2) is 11.0. The Kier molecular flexibility index (Phi) is 9.41. The van der Waals surface area contributed by atoms with Crippen LogP contribution in [0.2, 0.25) is 0 Å². The first kappa shape index (κ1) is 23.9. The van der Waals surface area contributed by atoms with Crippen LogP contribution in [0.5, 0.6) is 0 Å². The van der Waals surface area contributed by atoms with Crippen molar-refractivity contribution < 1.29 is 24.3 Å². The van der Waals surface area contributed by atoms with Crippen molar-refractivity contribution >= 4 is 23.7 Å². The van der Waals surface area contributed by atoms with E-state index in [0.717, 1.165) is 0 Å². The van der Waals surface area contributed by atoms with E-state index in [-0.39, 0.29) is 42.1 Å². The number of aliphatic carboxylic acids is 1. The molecule has 8 heteroatoms. The first-order valence-electron chi connectivity index (χ1n) is 10.1. The normalized spacial score (nSPS) is 18.5. The van der Waals surface area contributed by atoms with Crippen molar-refractivity contribution in [2.75, 3.05) is 19.6 Å². The summed E-state index contributed by atoms with van der Waals surface area (Å²) in [6.07, 6.45) is 2.25. The molecule has 160 valence electrons. The van der Waals surface area contributed by atoms with Gasteiger partial charge in [-0.3, -0.25) is 19.2 Å². The van der Waals surface area contributed by atoms with Gasteiger partial charge in [0.05, 0.1) is 0 Å². The highest BCUT2D eigenvalue weighted by molar-refractivity contribution is 5.88. The summed E-state index contributed by atoms with van der Waals surface area (Å²) >= 11 is 0. The summed E-state index contributed by atoms with van der Waals surface area (Å²) in [6, 6.07) is -0.773. The Morgan fingerprint density at radius 1 is 1.11 bits per heavy atom. The molecule has 0 aromatic carbocycles. The number of amides is 3. The Hall–Kier alpha value is -2.12. The smallest absolute Gasteiger partial charge is 0.323 e. The molecule has 0 spiro atoms. The number of carboxylic acids is 1. The summed E-state index contributed by atoms with van der Waals surface area (Å²) in [6.45, 7) is 9.75. The van der Waals surface area contributed by atoms with Gasteiger partial charge in [-0.25, -0.2) is 0 Å². The van der Waals surface area contributed by atoms with Crippen molar-refractivity contribution in [3.05, 3.63) is 0 Å². The number of carbonyl (C=O) groups is 4. The second-order valence-electron chi connectivity index (χ2n) is 8.34. The maximum Gasteiger partial charge on any atom is 0.323 e. The molecule has 2 unspecified atom stereocenters. The highest BCUT2D eigenvalue weighted by atomic mass is 16.4. The molecule has 0 saturated carbocycles. The molecule has 1 saturated heterocycles. The lowest BCUT2D eigenvalue weighted by Gasteiger charge is -2.30. The predicted octanol–water partition coefficient (Wildman–Crippen LogP) is 1.49. The third-order valence-corrected chi connectivity index (χ3v) is 5.00. The summed E-state index contributed by atoms with van der Waals surface area (Å²) in [5.74, 6) is -1.37. The third-order valence-electron chi connectivity index (χ3n) is 5.00. The summed E-state index contributed by atoms with van der Waals surface area (Å²) in [7, 11) is 0. The minimum absolute atomic E-state index is 0.0385. The molecule has 28 heavy (non-hydrogen) atoms. The molecule has 1 aliphatic heterocycles. The van der Waals surface area contributed by atoms with Crippen LogP contribution in [0.25, 0.3) is 0 Å². The average molecular weight is 398 g/mol. The summed E-state index contributed by atoms with van der Waals surface area (Å²) in [5, 5.41) is 11.9. The molecule has 0 aliphatic carbocycles. The van der Waals surface area contributed by atoms with Gasteiger partial charge < -0.3 is 20.2 Å². The fourth-order valence-corrected chi connectivity index (χ4v) is 3.57. The van der Waals surface area contributed by atoms with Crippen LogP contribution in [-0.4, -0.2) is 70.3 Å². The highest BCUT2D eigenvalue weighted by Crippen LogP contribution is 2.19.